The first kappa shape index (κ1) is 13.5. The zero-order chi connectivity index (χ0) is 12.2. The van der Waals surface area contributed by atoms with E-state index in [1.54, 1.807) is 0 Å². The number of nitrogens with one attached hydrogen (secondary N) is 2. The summed E-state index contributed by atoms with van der Waals surface area (Å²) in [6, 6.07) is 0. The van der Waals surface area contributed by atoms with Gasteiger partial charge in [0.2, 0.25) is 5.91 Å². The van der Waals surface area contributed by atoms with Gasteiger partial charge in [-0.25, -0.2) is 0 Å². The molecule has 0 bridgehead atoms. The Kier molecular flexibility index (Phi) is 4.74. The van der Waals surface area contributed by atoms with Crippen LogP contribution in [-0.4, -0.2) is 37.2 Å². The lowest BCUT2D eigenvalue weighted by Gasteiger charge is -2.23. The summed E-state index contributed by atoms with van der Waals surface area (Å²) in [7, 11) is 0. The van der Waals surface area contributed by atoms with Gasteiger partial charge in [-0.1, -0.05) is 0 Å². The molecule has 94 valence electrons. The van der Waals surface area contributed by atoms with Crippen molar-refractivity contribution in [1.82, 2.24) is 10.6 Å². The van der Waals surface area contributed by atoms with Crippen LogP contribution in [0.2, 0.25) is 0 Å². The van der Waals surface area contributed by atoms with E-state index in [4.69, 9.17) is 4.74 Å². The number of amides is 1. The topological polar surface area (TPSA) is 50.4 Å². The molecule has 1 heterocycles. The van der Waals surface area contributed by atoms with Gasteiger partial charge in [-0.05, 0) is 46.6 Å². The summed E-state index contributed by atoms with van der Waals surface area (Å²) in [4.78, 5) is 11.7. The van der Waals surface area contributed by atoms with Gasteiger partial charge in [-0.15, -0.1) is 0 Å². The standard InChI is InChI=1S/C12H24N2O2/c1-9(11(15)14-12(2,3)4)16-8-10-5-6-13-7-10/h9-10,13H,5-8H2,1-4H3,(H,14,15). The summed E-state index contributed by atoms with van der Waals surface area (Å²) < 4.78 is 5.58. The molecular weight excluding hydrogens is 204 g/mol. The zero-order valence-electron chi connectivity index (χ0n) is 10.8. The van der Waals surface area contributed by atoms with Gasteiger partial charge in [-0.2, -0.15) is 0 Å². The van der Waals surface area contributed by atoms with E-state index in [1.165, 1.54) is 0 Å². The highest BCUT2D eigenvalue weighted by Gasteiger charge is 2.21. The molecule has 1 rings (SSSR count). The molecule has 0 aliphatic carbocycles. The fourth-order valence-corrected chi connectivity index (χ4v) is 1.68. The molecule has 0 aromatic carbocycles. The molecule has 1 aliphatic rings. The third-order valence-corrected chi connectivity index (χ3v) is 2.61. The summed E-state index contributed by atoms with van der Waals surface area (Å²) in [5.41, 5.74) is -0.191. The molecule has 0 radical (unpaired) electrons. The second-order valence-electron chi connectivity index (χ2n) is 5.57. The third-order valence-electron chi connectivity index (χ3n) is 2.61. The Bertz CT molecular complexity index is 230. The van der Waals surface area contributed by atoms with Crippen molar-refractivity contribution < 1.29 is 9.53 Å². The van der Waals surface area contributed by atoms with Crippen LogP contribution >= 0.6 is 0 Å². The Morgan fingerprint density at radius 1 is 1.56 bits per heavy atom. The van der Waals surface area contributed by atoms with E-state index in [9.17, 15) is 4.79 Å². The van der Waals surface area contributed by atoms with Crippen molar-refractivity contribution in [2.45, 2.75) is 45.8 Å². The highest BCUT2D eigenvalue weighted by Crippen LogP contribution is 2.09. The molecule has 2 atom stereocenters. The molecule has 1 amide bonds. The minimum atomic E-state index is -0.361. The highest BCUT2D eigenvalue weighted by atomic mass is 16.5. The number of hydrogen-bond donors (Lipinski definition) is 2. The molecule has 0 saturated carbocycles. The minimum Gasteiger partial charge on any atom is -0.368 e. The Hall–Kier alpha value is -0.610. The Morgan fingerprint density at radius 3 is 2.75 bits per heavy atom. The van der Waals surface area contributed by atoms with E-state index in [2.05, 4.69) is 10.6 Å². The maximum atomic E-state index is 11.7. The van der Waals surface area contributed by atoms with Crippen LogP contribution in [0.15, 0.2) is 0 Å². The predicted molar refractivity (Wildman–Crippen MR) is 64.3 cm³/mol. The van der Waals surface area contributed by atoms with Gasteiger partial charge in [0.25, 0.3) is 0 Å². The van der Waals surface area contributed by atoms with Crippen LogP contribution in [0.3, 0.4) is 0 Å². The van der Waals surface area contributed by atoms with Gasteiger partial charge < -0.3 is 15.4 Å². The van der Waals surface area contributed by atoms with Crippen LogP contribution in [0.25, 0.3) is 0 Å². The maximum absolute atomic E-state index is 11.7. The van der Waals surface area contributed by atoms with Gasteiger partial charge in [0.15, 0.2) is 0 Å². The van der Waals surface area contributed by atoms with Crippen molar-refractivity contribution in [3.63, 3.8) is 0 Å². The molecule has 2 N–H and O–H groups in total. The first-order chi connectivity index (χ1) is 7.38. The van der Waals surface area contributed by atoms with E-state index in [0.717, 1.165) is 19.5 Å². The Balaban J connectivity index is 2.23. The molecule has 1 aliphatic heterocycles. The Morgan fingerprint density at radius 2 is 2.25 bits per heavy atom. The smallest absolute Gasteiger partial charge is 0.249 e. The first-order valence-corrected chi connectivity index (χ1v) is 6.03. The molecular formula is C12H24N2O2. The summed E-state index contributed by atoms with van der Waals surface area (Å²) in [6.45, 7) is 10.5. The molecule has 4 nitrogen and oxygen atoms in total. The molecule has 1 saturated heterocycles. The molecule has 0 aromatic rings. The highest BCUT2D eigenvalue weighted by molar-refractivity contribution is 5.80. The van der Waals surface area contributed by atoms with E-state index in [1.807, 2.05) is 27.7 Å². The van der Waals surface area contributed by atoms with Crippen molar-refractivity contribution in [3.05, 3.63) is 0 Å². The molecule has 1 fully saturated rings. The van der Waals surface area contributed by atoms with Crippen molar-refractivity contribution >= 4 is 5.91 Å². The molecule has 0 spiro atoms. The lowest BCUT2D eigenvalue weighted by Crippen LogP contribution is -2.46. The fourth-order valence-electron chi connectivity index (χ4n) is 1.68. The average Bonchev–Trinajstić information content (AvgIpc) is 2.63. The molecule has 4 heteroatoms. The van der Waals surface area contributed by atoms with Crippen LogP contribution in [0.1, 0.15) is 34.1 Å². The second kappa shape index (κ2) is 5.64. The van der Waals surface area contributed by atoms with Gasteiger partial charge in [0.05, 0.1) is 6.61 Å². The summed E-state index contributed by atoms with van der Waals surface area (Å²) in [5, 5.41) is 6.20. The summed E-state index contributed by atoms with van der Waals surface area (Å²) in [5.74, 6) is 0.531. The quantitative estimate of drug-likeness (QED) is 0.752. The number of rotatable bonds is 4. The first-order valence-electron chi connectivity index (χ1n) is 6.03. The molecule has 16 heavy (non-hydrogen) atoms. The average molecular weight is 228 g/mol. The SMILES string of the molecule is CC(OCC1CCNC1)C(=O)NC(C)(C)C. The van der Waals surface area contributed by atoms with Crippen LogP contribution < -0.4 is 10.6 Å². The second-order valence-corrected chi connectivity index (χ2v) is 5.57. The van der Waals surface area contributed by atoms with Crippen LogP contribution in [0, 0.1) is 5.92 Å². The fraction of sp³-hybridized carbons (Fsp3) is 0.917. The van der Waals surface area contributed by atoms with Crippen molar-refractivity contribution in [2.24, 2.45) is 5.92 Å². The van der Waals surface area contributed by atoms with Gasteiger partial charge >= 0.3 is 0 Å². The maximum Gasteiger partial charge on any atom is 0.249 e. The van der Waals surface area contributed by atoms with Crippen LogP contribution in [-0.2, 0) is 9.53 Å². The predicted octanol–water partition coefficient (Wildman–Crippen LogP) is 0.916. The number of carbonyl (C=O) groups is 1. The monoisotopic (exact) mass is 228 g/mol. The summed E-state index contributed by atoms with van der Waals surface area (Å²) >= 11 is 0. The number of ether oxygens (including phenoxy) is 1. The summed E-state index contributed by atoms with van der Waals surface area (Å²) in [6.07, 6.45) is 0.785. The largest absolute Gasteiger partial charge is 0.368 e. The van der Waals surface area contributed by atoms with E-state index < -0.39 is 0 Å². The Labute approximate surface area is 98.1 Å². The van der Waals surface area contributed by atoms with Gasteiger partial charge in [0, 0.05) is 12.1 Å². The third kappa shape index (κ3) is 4.94. The number of carbonyl (C=O) groups excluding carboxylic acids is 1. The lowest BCUT2D eigenvalue weighted by molar-refractivity contribution is -0.133. The van der Waals surface area contributed by atoms with Crippen molar-refractivity contribution in [3.8, 4) is 0 Å². The van der Waals surface area contributed by atoms with Gasteiger partial charge in [0.1, 0.15) is 6.10 Å². The number of hydrogen-bond acceptors (Lipinski definition) is 3. The van der Waals surface area contributed by atoms with Gasteiger partial charge in [-0.3, -0.25) is 4.79 Å². The molecule has 0 aromatic heterocycles. The van der Waals surface area contributed by atoms with E-state index in [-0.39, 0.29) is 17.6 Å². The van der Waals surface area contributed by atoms with Crippen molar-refractivity contribution in [2.75, 3.05) is 19.7 Å². The van der Waals surface area contributed by atoms with Crippen LogP contribution in [0.4, 0.5) is 0 Å². The molecule has 2 unspecified atom stereocenters. The minimum absolute atomic E-state index is 0.0292. The zero-order valence-corrected chi connectivity index (χ0v) is 10.8. The van der Waals surface area contributed by atoms with Crippen molar-refractivity contribution in [1.29, 1.82) is 0 Å². The van der Waals surface area contributed by atoms with E-state index in [0.29, 0.717) is 12.5 Å². The van der Waals surface area contributed by atoms with E-state index >= 15 is 0 Å². The lowest BCUT2D eigenvalue weighted by atomic mass is 10.1. The normalized spacial score (nSPS) is 23.1. The van der Waals surface area contributed by atoms with Crippen LogP contribution in [0.5, 0.6) is 0 Å².